The number of ketones is 1. The molecule has 2 rings (SSSR count). The van der Waals surface area contributed by atoms with Crippen molar-refractivity contribution in [2.24, 2.45) is 0 Å². The third kappa shape index (κ3) is 3.76. The van der Waals surface area contributed by atoms with Gasteiger partial charge in [-0.2, -0.15) is 11.3 Å². The zero-order chi connectivity index (χ0) is 15.4. The SMILES string of the molecule is O=C(O)/C(O)=C/C(=O)c1cscc1Cc1ccc(F)cc1. The van der Waals surface area contributed by atoms with Gasteiger partial charge in [0.15, 0.2) is 5.78 Å². The Hall–Kier alpha value is -2.47. The zero-order valence-corrected chi connectivity index (χ0v) is 11.6. The number of carbonyl (C=O) groups is 2. The first-order valence-electron chi connectivity index (χ1n) is 5.95. The molecule has 108 valence electrons. The Labute approximate surface area is 123 Å². The van der Waals surface area contributed by atoms with E-state index in [0.717, 1.165) is 5.56 Å². The second-order valence-electron chi connectivity index (χ2n) is 4.31. The molecule has 21 heavy (non-hydrogen) atoms. The minimum Gasteiger partial charge on any atom is -0.502 e. The monoisotopic (exact) mass is 306 g/mol. The van der Waals surface area contributed by atoms with Crippen LogP contribution in [0.15, 0.2) is 46.9 Å². The van der Waals surface area contributed by atoms with Crippen LogP contribution in [-0.4, -0.2) is 22.0 Å². The average Bonchev–Trinajstić information content (AvgIpc) is 2.89. The van der Waals surface area contributed by atoms with E-state index in [1.165, 1.54) is 23.5 Å². The van der Waals surface area contributed by atoms with Crippen molar-refractivity contribution in [3.63, 3.8) is 0 Å². The van der Waals surface area contributed by atoms with Crippen molar-refractivity contribution in [2.75, 3.05) is 0 Å². The summed E-state index contributed by atoms with van der Waals surface area (Å²) in [5.41, 5.74) is 1.86. The molecule has 0 aliphatic rings. The first-order valence-corrected chi connectivity index (χ1v) is 6.89. The van der Waals surface area contributed by atoms with Gasteiger partial charge in [-0.25, -0.2) is 9.18 Å². The Morgan fingerprint density at radius 1 is 1.14 bits per heavy atom. The van der Waals surface area contributed by atoms with Crippen molar-refractivity contribution in [1.29, 1.82) is 0 Å². The number of aliphatic hydroxyl groups excluding tert-OH is 1. The van der Waals surface area contributed by atoms with Crippen LogP contribution < -0.4 is 0 Å². The highest BCUT2D eigenvalue weighted by Gasteiger charge is 2.14. The Balaban J connectivity index is 2.22. The van der Waals surface area contributed by atoms with Crippen molar-refractivity contribution in [3.8, 4) is 0 Å². The summed E-state index contributed by atoms with van der Waals surface area (Å²) < 4.78 is 12.8. The quantitative estimate of drug-likeness (QED) is 0.505. The molecular formula is C15H11FO4S. The molecule has 0 bridgehead atoms. The number of carbonyl (C=O) groups excluding carboxylic acids is 1. The van der Waals surface area contributed by atoms with Crippen molar-refractivity contribution in [1.82, 2.24) is 0 Å². The summed E-state index contributed by atoms with van der Waals surface area (Å²) in [6.07, 6.45) is 1.10. The Bertz CT molecular complexity index is 701. The van der Waals surface area contributed by atoms with Crippen LogP contribution >= 0.6 is 11.3 Å². The number of thiophene rings is 1. The number of carboxylic acids is 1. The number of aliphatic hydroxyl groups is 1. The van der Waals surface area contributed by atoms with Crippen molar-refractivity contribution < 1.29 is 24.2 Å². The van der Waals surface area contributed by atoms with Gasteiger partial charge in [0.1, 0.15) is 5.82 Å². The fraction of sp³-hybridized carbons (Fsp3) is 0.0667. The molecule has 1 aromatic heterocycles. The predicted octanol–water partition coefficient (Wildman–Crippen LogP) is 3.19. The van der Waals surface area contributed by atoms with Crippen LogP contribution in [0.25, 0.3) is 0 Å². The number of aliphatic carboxylic acids is 1. The Morgan fingerprint density at radius 2 is 1.81 bits per heavy atom. The standard InChI is InChI=1S/C15H11FO4S/c16-11-3-1-9(2-4-11)5-10-7-21-8-12(10)13(17)6-14(18)15(19)20/h1-4,6-8,18H,5H2,(H,19,20)/b14-6-. The van der Waals surface area contributed by atoms with Gasteiger partial charge in [0.25, 0.3) is 0 Å². The molecule has 4 nitrogen and oxygen atoms in total. The van der Waals surface area contributed by atoms with Crippen molar-refractivity contribution >= 4 is 23.1 Å². The smallest absolute Gasteiger partial charge is 0.371 e. The summed E-state index contributed by atoms with van der Waals surface area (Å²) in [5, 5.41) is 21.0. The number of halogens is 1. The maximum Gasteiger partial charge on any atom is 0.371 e. The number of hydrogen-bond acceptors (Lipinski definition) is 4. The van der Waals surface area contributed by atoms with Crippen LogP contribution in [0.3, 0.4) is 0 Å². The van der Waals surface area contributed by atoms with Gasteiger partial charge in [0, 0.05) is 17.0 Å². The molecule has 0 fully saturated rings. The second-order valence-corrected chi connectivity index (χ2v) is 5.06. The van der Waals surface area contributed by atoms with Gasteiger partial charge in [0.05, 0.1) is 0 Å². The summed E-state index contributed by atoms with van der Waals surface area (Å²) in [6.45, 7) is 0. The number of rotatable bonds is 5. The fourth-order valence-corrected chi connectivity index (χ4v) is 2.61. The molecule has 1 aromatic carbocycles. The molecule has 2 aromatic rings. The molecule has 0 amide bonds. The number of carboxylic acid groups (broad SMARTS) is 1. The second kappa shape index (κ2) is 6.32. The van der Waals surface area contributed by atoms with Crippen LogP contribution in [0, 0.1) is 5.82 Å². The molecule has 2 N–H and O–H groups in total. The lowest BCUT2D eigenvalue weighted by Gasteiger charge is -2.02. The Morgan fingerprint density at radius 3 is 2.43 bits per heavy atom. The van der Waals surface area contributed by atoms with Crippen LogP contribution in [0.5, 0.6) is 0 Å². The molecule has 1 heterocycles. The molecule has 0 saturated carbocycles. The predicted molar refractivity (Wildman–Crippen MR) is 76.2 cm³/mol. The molecule has 6 heteroatoms. The number of hydrogen-bond donors (Lipinski definition) is 2. The Kier molecular flexibility index (Phi) is 4.49. The van der Waals surface area contributed by atoms with Gasteiger partial charge >= 0.3 is 5.97 Å². The van der Waals surface area contributed by atoms with E-state index in [2.05, 4.69) is 0 Å². The molecule has 0 atom stereocenters. The molecular weight excluding hydrogens is 295 g/mol. The highest BCUT2D eigenvalue weighted by Crippen LogP contribution is 2.20. The van der Waals surface area contributed by atoms with E-state index < -0.39 is 17.5 Å². The van der Waals surface area contributed by atoms with Crippen molar-refractivity contribution in [2.45, 2.75) is 6.42 Å². The highest BCUT2D eigenvalue weighted by molar-refractivity contribution is 7.08. The molecule has 0 spiro atoms. The average molecular weight is 306 g/mol. The van der Waals surface area contributed by atoms with Crippen LogP contribution in [0.4, 0.5) is 4.39 Å². The third-order valence-corrected chi connectivity index (χ3v) is 3.59. The van der Waals surface area contributed by atoms with E-state index in [9.17, 15) is 14.0 Å². The van der Waals surface area contributed by atoms with E-state index >= 15 is 0 Å². The lowest BCUT2D eigenvalue weighted by atomic mass is 10.0. The lowest BCUT2D eigenvalue weighted by molar-refractivity contribution is -0.135. The molecule has 0 unspecified atom stereocenters. The van der Waals surface area contributed by atoms with Gasteiger partial charge in [0.2, 0.25) is 5.76 Å². The topological polar surface area (TPSA) is 74.6 Å². The normalized spacial score (nSPS) is 11.4. The summed E-state index contributed by atoms with van der Waals surface area (Å²) in [7, 11) is 0. The van der Waals surface area contributed by atoms with Crippen molar-refractivity contribution in [3.05, 3.63) is 69.4 Å². The van der Waals surface area contributed by atoms with Crippen LogP contribution in [0.2, 0.25) is 0 Å². The molecule has 0 radical (unpaired) electrons. The molecule has 0 aliphatic heterocycles. The summed E-state index contributed by atoms with van der Waals surface area (Å²) in [5.74, 6) is -3.47. The summed E-state index contributed by atoms with van der Waals surface area (Å²) >= 11 is 1.30. The van der Waals surface area contributed by atoms with E-state index in [1.54, 1.807) is 22.9 Å². The van der Waals surface area contributed by atoms with Gasteiger partial charge < -0.3 is 10.2 Å². The van der Waals surface area contributed by atoms with Gasteiger partial charge in [-0.3, -0.25) is 4.79 Å². The van der Waals surface area contributed by atoms with E-state index in [-0.39, 0.29) is 5.82 Å². The largest absolute Gasteiger partial charge is 0.502 e. The molecule has 0 aliphatic carbocycles. The third-order valence-electron chi connectivity index (χ3n) is 2.80. The zero-order valence-electron chi connectivity index (χ0n) is 10.7. The van der Waals surface area contributed by atoms with Gasteiger partial charge in [-0.05, 0) is 35.1 Å². The maximum absolute atomic E-state index is 12.8. The fourth-order valence-electron chi connectivity index (χ4n) is 1.76. The highest BCUT2D eigenvalue weighted by atomic mass is 32.1. The summed E-state index contributed by atoms with van der Waals surface area (Å²) in [4.78, 5) is 22.4. The minimum atomic E-state index is -1.56. The minimum absolute atomic E-state index is 0.331. The van der Waals surface area contributed by atoms with Crippen LogP contribution in [0.1, 0.15) is 21.5 Å². The first kappa shape index (κ1) is 14.9. The van der Waals surface area contributed by atoms with E-state index in [4.69, 9.17) is 10.2 Å². The van der Waals surface area contributed by atoms with Crippen LogP contribution in [-0.2, 0) is 11.2 Å². The van der Waals surface area contributed by atoms with E-state index in [0.29, 0.717) is 23.6 Å². The number of allylic oxidation sites excluding steroid dienone is 1. The number of benzene rings is 1. The first-order chi connectivity index (χ1) is 9.97. The molecule has 0 saturated heterocycles. The lowest BCUT2D eigenvalue weighted by Crippen LogP contribution is -2.05. The van der Waals surface area contributed by atoms with E-state index in [1.807, 2.05) is 0 Å². The summed E-state index contributed by atoms with van der Waals surface area (Å²) in [6, 6.07) is 5.90. The maximum atomic E-state index is 12.8. The van der Waals surface area contributed by atoms with Gasteiger partial charge in [-0.1, -0.05) is 12.1 Å². The van der Waals surface area contributed by atoms with Gasteiger partial charge in [-0.15, -0.1) is 0 Å².